The molecule has 3 rings (SSSR count). The van der Waals surface area contributed by atoms with E-state index in [1.54, 1.807) is 7.11 Å². The quantitative estimate of drug-likeness (QED) is 0.795. The fourth-order valence-corrected chi connectivity index (χ4v) is 3.31. The van der Waals surface area contributed by atoms with Gasteiger partial charge in [-0.3, -0.25) is 4.40 Å². The number of likely N-dealkylation sites (N-methyl/N-ethyl adjacent to an activating group) is 1. The Morgan fingerprint density at radius 2 is 2.20 bits per heavy atom. The first-order chi connectivity index (χ1) is 9.67. The maximum Gasteiger partial charge on any atom is 0.215 e. The fourth-order valence-electron chi connectivity index (χ4n) is 2.50. The maximum absolute atomic E-state index is 5.26. The molecule has 1 N–H and O–H groups in total. The highest BCUT2D eigenvalue weighted by Gasteiger charge is 2.17. The molecule has 20 heavy (non-hydrogen) atoms. The number of hydrogen-bond donors (Lipinski definition) is 1. The van der Waals surface area contributed by atoms with Crippen LogP contribution < -0.4 is 10.1 Å². The Morgan fingerprint density at radius 1 is 1.40 bits per heavy atom. The van der Waals surface area contributed by atoms with E-state index < -0.39 is 0 Å². The van der Waals surface area contributed by atoms with Crippen molar-refractivity contribution < 1.29 is 4.74 Å². The van der Waals surface area contributed by atoms with Gasteiger partial charge in [0.15, 0.2) is 0 Å². The maximum atomic E-state index is 5.26. The van der Waals surface area contributed by atoms with E-state index in [0.29, 0.717) is 0 Å². The Bertz CT molecular complexity index is 775. The molecule has 0 saturated heterocycles. The third-order valence-electron chi connectivity index (χ3n) is 3.60. The number of halogens is 1. The second-order valence-electron chi connectivity index (χ2n) is 4.75. The summed E-state index contributed by atoms with van der Waals surface area (Å²) in [5.41, 5.74) is 3.26. The number of rotatable bonds is 4. The second-order valence-corrected chi connectivity index (χ2v) is 5.50. The zero-order valence-electron chi connectivity index (χ0n) is 11.8. The molecule has 2 aromatic heterocycles. The second kappa shape index (κ2) is 5.10. The summed E-state index contributed by atoms with van der Waals surface area (Å²) in [5.74, 6) is 1.76. The largest absolute Gasteiger partial charge is 0.497 e. The van der Waals surface area contributed by atoms with E-state index in [1.807, 2.05) is 32.3 Å². The van der Waals surface area contributed by atoms with E-state index in [2.05, 4.69) is 30.2 Å². The van der Waals surface area contributed by atoms with Gasteiger partial charge in [0, 0.05) is 26.1 Å². The summed E-state index contributed by atoms with van der Waals surface area (Å²) in [6.07, 6.45) is 0.953. The first kappa shape index (κ1) is 13.5. The fraction of sp³-hybridized carbons (Fsp3) is 0.357. The summed E-state index contributed by atoms with van der Waals surface area (Å²) in [6, 6.07) is 5.96. The molecule has 6 heteroatoms. The van der Waals surface area contributed by atoms with Crippen molar-refractivity contribution >= 4 is 32.7 Å². The molecule has 0 saturated carbocycles. The van der Waals surface area contributed by atoms with E-state index in [0.717, 1.165) is 40.1 Å². The van der Waals surface area contributed by atoms with Gasteiger partial charge in [-0.05, 0) is 35.1 Å². The van der Waals surface area contributed by atoms with Crippen LogP contribution in [0.25, 0.3) is 16.8 Å². The lowest BCUT2D eigenvalue weighted by molar-refractivity contribution is 0.415. The monoisotopic (exact) mass is 336 g/mol. The van der Waals surface area contributed by atoms with E-state index in [-0.39, 0.29) is 0 Å². The molecule has 0 amide bonds. The number of benzene rings is 1. The first-order valence-corrected chi connectivity index (χ1v) is 7.30. The van der Waals surface area contributed by atoms with Crippen LogP contribution in [0.5, 0.6) is 5.75 Å². The predicted molar refractivity (Wildman–Crippen MR) is 83.6 cm³/mol. The summed E-state index contributed by atoms with van der Waals surface area (Å²) >= 11 is 3.71. The number of ether oxygens (including phenoxy) is 1. The van der Waals surface area contributed by atoms with Crippen molar-refractivity contribution in [3.05, 3.63) is 28.5 Å². The van der Waals surface area contributed by atoms with Gasteiger partial charge in [0.05, 0.1) is 23.8 Å². The van der Waals surface area contributed by atoms with Gasteiger partial charge in [-0.2, -0.15) is 0 Å². The van der Waals surface area contributed by atoms with Crippen molar-refractivity contribution in [3.8, 4) is 5.75 Å². The average Bonchev–Trinajstić information content (AvgIpc) is 2.94. The van der Waals surface area contributed by atoms with Crippen LogP contribution in [0, 0.1) is 0 Å². The molecule has 0 aliphatic carbocycles. The Kier molecular flexibility index (Phi) is 3.43. The van der Waals surface area contributed by atoms with Crippen molar-refractivity contribution in [2.75, 3.05) is 20.7 Å². The summed E-state index contributed by atoms with van der Waals surface area (Å²) in [4.78, 5) is 4.71. The molecule has 0 atom stereocenters. The standard InChI is InChI=1S/C14H17BrN4O/c1-16-7-6-12-13(15)19-11-5-4-9(20-3)8-10(11)17-14(19)18(12)2/h4-5,8,16H,6-7H2,1-3H3. The number of methoxy groups -OCH3 is 1. The molecule has 2 heterocycles. The minimum atomic E-state index is 0.826. The van der Waals surface area contributed by atoms with Gasteiger partial charge in [0.1, 0.15) is 10.4 Å². The highest BCUT2D eigenvalue weighted by molar-refractivity contribution is 9.10. The van der Waals surface area contributed by atoms with Crippen LogP contribution in [-0.2, 0) is 13.5 Å². The lowest BCUT2D eigenvalue weighted by Crippen LogP contribution is -2.12. The van der Waals surface area contributed by atoms with Crippen LogP contribution in [0.4, 0.5) is 0 Å². The normalized spacial score (nSPS) is 11.6. The van der Waals surface area contributed by atoms with Gasteiger partial charge in [-0.15, -0.1) is 0 Å². The van der Waals surface area contributed by atoms with Crippen molar-refractivity contribution in [2.45, 2.75) is 6.42 Å². The third-order valence-corrected chi connectivity index (χ3v) is 4.41. The number of aromatic nitrogens is 3. The predicted octanol–water partition coefficient (Wildman–Crippen LogP) is 2.36. The molecule has 0 spiro atoms. The van der Waals surface area contributed by atoms with Crippen molar-refractivity contribution in [1.82, 2.24) is 19.3 Å². The van der Waals surface area contributed by atoms with Gasteiger partial charge in [0.2, 0.25) is 5.78 Å². The summed E-state index contributed by atoms with van der Waals surface area (Å²) in [5, 5.41) is 3.18. The van der Waals surface area contributed by atoms with Crippen molar-refractivity contribution in [1.29, 1.82) is 0 Å². The lowest BCUT2D eigenvalue weighted by atomic mass is 10.3. The SMILES string of the molecule is CNCCc1c(Br)n2c3ccc(OC)cc3nc2n1C. The molecule has 0 aliphatic heterocycles. The Hall–Kier alpha value is -1.53. The van der Waals surface area contributed by atoms with Crippen LogP contribution in [0.3, 0.4) is 0 Å². The Labute approximate surface area is 125 Å². The van der Waals surface area contributed by atoms with Gasteiger partial charge < -0.3 is 14.6 Å². The van der Waals surface area contributed by atoms with Crippen molar-refractivity contribution in [3.63, 3.8) is 0 Å². The zero-order chi connectivity index (χ0) is 14.3. The number of nitrogens with one attached hydrogen (secondary N) is 1. The molecule has 106 valence electrons. The minimum absolute atomic E-state index is 0.826. The Balaban J connectivity index is 2.24. The van der Waals surface area contributed by atoms with E-state index in [1.165, 1.54) is 5.69 Å². The molecule has 1 aromatic carbocycles. The molecule has 0 radical (unpaired) electrons. The van der Waals surface area contributed by atoms with Gasteiger partial charge in [-0.25, -0.2) is 4.98 Å². The molecule has 0 aliphatic rings. The summed E-state index contributed by atoms with van der Waals surface area (Å²) in [7, 11) is 5.68. The van der Waals surface area contributed by atoms with Gasteiger partial charge >= 0.3 is 0 Å². The highest BCUT2D eigenvalue weighted by Crippen LogP contribution is 2.29. The van der Waals surface area contributed by atoms with E-state index in [9.17, 15) is 0 Å². The molecule has 0 bridgehead atoms. The van der Waals surface area contributed by atoms with Crippen molar-refractivity contribution in [2.24, 2.45) is 7.05 Å². The molecule has 3 aromatic rings. The smallest absolute Gasteiger partial charge is 0.215 e. The van der Waals surface area contributed by atoms with E-state index >= 15 is 0 Å². The summed E-state index contributed by atoms with van der Waals surface area (Å²) < 4.78 is 10.6. The lowest BCUT2D eigenvalue weighted by Gasteiger charge is -2.03. The van der Waals surface area contributed by atoms with E-state index in [4.69, 9.17) is 9.72 Å². The minimum Gasteiger partial charge on any atom is -0.497 e. The topological polar surface area (TPSA) is 43.5 Å². The number of nitrogens with zero attached hydrogens (tertiary/aromatic N) is 3. The van der Waals surface area contributed by atoms with Crippen LogP contribution in [0.15, 0.2) is 22.8 Å². The number of hydrogen-bond acceptors (Lipinski definition) is 3. The first-order valence-electron chi connectivity index (χ1n) is 6.51. The van der Waals surface area contributed by atoms with Gasteiger partial charge in [0.25, 0.3) is 0 Å². The van der Waals surface area contributed by atoms with Crippen LogP contribution >= 0.6 is 15.9 Å². The molecule has 0 fully saturated rings. The number of aryl methyl sites for hydroxylation is 1. The highest BCUT2D eigenvalue weighted by atomic mass is 79.9. The molecule has 5 nitrogen and oxygen atoms in total. The number of imidazole rings is 2. The molecular formula is C14H17BrN4O. The zero-order valence-corrected chi connectivity index (χ0v) is 13.4. The molecular weight excluding hydrogens is 320 g/mol. The summed E-state index contributed by atoms with van der Waals surface area (Å²) in [6.45, 7) is 0.936. The van der Waals surface area contributed by atoms with Gasteiger partial charge in [-0.1, -0.05) is 0 Å². The van der Waals surface area contributed by atoms with Crippen LogP contribution in [0.1, 0.15) is 5.69 Å². The van der Waals surface area contributed by atoms with Crippen LogP contribution in [0.2, 0.25) is 0 Å². The average molecular weight is 337 g/mol. The Morgan fingerprint density at radius 3 is 2.90 bits per heavy atom. The number of fused-ring (bicyclic) bond motifs is 3. The third kappa shape index (κ3) is 1.91. The van der Waals surface area contributed by atoms with Crippen LogP contribution in [-0.4, -0.2) is 34.7 Å². The molecule has 0 unspecified atom stereocenters.